The second-order valence-corrected chi connectivity index (χ2v) is 6.56. The minimum atomic E-state index is 0.0945. The van der Waals surface area contributed by atoms with Gasteiger partial charge in [-0.2, -0.15) is 0 Å². The molecule has 2 aliphatic heterocycles. The highest BCUT2D eigenvalue weighted by atomic mass is 32.1. The van der Waals surface area contributed by atoms with E-state index in [1.807, 2.05) is 4.90 Å². The van der Waals surface area contributed by atoms with Gasteiger partial charge in [0.05, 0.1) is 6.54 Å². The van der Waals surface area contributed by atoms with Gasteiger partial charge in [0, 0.05) is 30.9 Å². The second kappa shape index (κ2) is 5.95. The molecule has 3 heterocycles. The lowest BCUT2D eigenvalue weighted by molar-refractivity contribution is -0.140. The lowest BCUT2D eigenvalue weighted by Gasteiger charge is -2.29. The van der Waals surface area contributed by atoms with E-state index in [1.54, 1.807) is 16.2 Å². The van der Waals surface area contributed by atoms with Gasteiger partial charge in [-0.15, -0.1) is 11.3 Å². The quantitative estimate of drug-likeness (QED) is 0.837. The third kappa shape index (κ3) is 2.87. The van der Waals surface area contributed by atoms with Crippen molar-refractivity contribution in [3.8, 4) is 0 Å². The minimum absolute atomic E-state index is 0.0945. The van der Waals surface area contributed by atoms with Crippen molar-refractivity contribution in [1.29, 1.82) is 0 Å². The first-order valence-corrected chi connectivity index (χ1v) is 8.23. The molecule has 108 valence electrons. The molecule has 4 nitrogen and oxygen atoms in total. The van der Waals surface area contributed by atoms with Crippen LogP contribution in [-0.2, 0) is 22.6 Å². The second-order valence-electron chi connectivity index (χ2n) is 5.56. The molecule has 20 heavy (non-hydrogen) atoms. The van der Waals surface area contributed by atoms with Crippen molar-refractivity contribution in [3.05, 3.63) is 21.9 Å². The average molecular weight is 292 g/mol. The standard InChI is InChI=1S/C15H20N2O2S/c18-14-4-2-1-3-7-16(14)11-15(19)17-8-5-13-12(10-17)6-9-20-13/h6,9H,1-5,7-8,10-11H2. The molecule has 0 unspecified atom stereocenters. The molecule has 1 aromatic heterocycles. The van der Waals surface area contributed by atoms with E-state index in [9.17, 15) is 9.59 Å². The van der Waals surface area contributed by atoms with Crippen LogP contribution in [0.5, 0.6) is 0 Å². The van der Waals surface area contributed by atoms with E-state index in [0.717, 1.165) is 38.8 Å². The SMILES string of the molecule is O=C1CCCCCN1CC(=O)N1CCc2sccc2C1. The van der Waals surface area contributed by atoms with Crippen molar-refractivity contribution >= 4 is 23.2 Å². The van der Waals surface area contributed by atoms with Crippen molar-refractivity contribution in [1.82, 2.24) is 9.80 Å². The molecule has 0 bridgehead atoms. The summed E-state index contributed by atoms with van der Waals surface area (Å²) in [7, 11) is 0. The highest BCUT2D eigenvalue weighted by Crippen LogP contribution is 2.24. The van der Waals surface area contributed by atoms with E-state index in [2.05, 4.69) is 11.4 Å². The van der Waals surface area contributed by atoms with Gasteiger partial charge in [0.2, 0.25) is 11.8 Å². The van der Waals surface area contributed by atoms with Crippen LogP contribution in [0.25, 0.3) is 0 Å². The summed E-state index contributed by atoms with van der Waals surface area (Å²) in [5, 5.41) is 2.09. The first kappa shape index (κ1) is 13.6. The van der Waals surface area contributed by atoms with Crippen LogP contribution in [0.4, 0.5) is 0 Å². The van der Waals surface area contributed by atoms with Crippen molar-refractivity contribution < 1.29 is 9.59 Å². The van der Waals surface area contributed by atoms with Gasteiger partial charge in [0.15, 0.2) is 0 Å². The Hall–Kier alpha value is -1.36. The number of hydrogen-bond donors (Lipinski definition) is 0. The molecule has 0 spiro atoms. The predicted molar refractivity (Wildman–Crippen MR) is 78.5 cm³/mol. The molecule has 1 saturated heterocycles. The van der Waals surface area contributed by atoms with Crippen LogP contribution in [0.2, 0.25) is 0 Å². The van der Waals surface area contributed by atoms with Crippen LogP contribution in [0, 0.1) is 0 Å². The molecule has 2 aliphatic rings. The number of rotatable bonds is 2. The van der Waals surface area contributed by atoms with E-state index >= 15 is 0 Å². The van der Waals surface area contributed by atoms with E-state index in [4.69, 9.17) is 0 Å². The maximum atomic E-state index is 12.4. The third-order valence-corrected chi connectivity index (χ3v) is 5.18. The zero-order valence-corrected chi connectivity index (χ0v) is 12.5. The van der Waals surface area contributed by atoms with E-state index in [1.165, 1.54) is 10.4 Å². The molecule has 2 amide bonds. The third-order valence-electron chi connectivity index (χ3n) is 4.16. The largest absolute Gasteiger partial charge is 0.336 e. The molecule has 0 aliphatic carbocycles. The van der Waals surface area contributed by atoms with E-state index in [-0.39, 0.29) is 18.4 Å². The molecule has 0 atom stereocenters. The Labute approximate surface area is 123 Å². The maximum absolute atomic E-state index is 12.4. The average Bonchev–Trinajstić information content (AvgIpc) is 2.83. The zero-order valence-electron chi connectivity index (χ0n) is 11.6. The fourth-order valence-electron chi connectivity index (χ4n) is 2.93. The van der Waals surface area contributed by atoms with E-state index < -0.39 is 0 Å². The number of hydrogen-bond acceptors (Lipinski definition) is 3. The topological polar surface area (TPSA) is 40.6 Å². The minimum Gasteiger partial charge on any atom is -0.336 e. The van der Waals surface area contributed by atoms with Crippen LogP contribution < -0.4 is 0 Å². The fourth-order valence-corrected chi connectivity index (χ4v) is 3.82. The van der Waals surface area contributed by atoms with Gasteiger partial charge in [-0.3, -0.25) is 9.59 Å². The Bertz CT molecular complexity index is 512. The van der Waals surface area contributed by atoms with Crippen LogP contribution in [0.1, 0.15) is 36.1 Å². The molecule has 0 saturated carbocycles. The molecule has 1 aromatic rings. The Morgan fingerprint density at radius 1 is 1.20 bits per heavy atom. The molecular formula is C15H20N2O2S. The molecular weight excluding hydrogens is 272 g/mol. The number of carbonyl (C=O) groups is 2. The lowest BCUT2D eigenvalue weighted by Crippen LogP contribution is -2.44. The van der Waals surface area contributed by atoms with E-state index in [0.29, 0.717) is 13.0 Å². The van der Waals surface area contributed by atoms with Gasteiger partial charge in [-0.1, -0.05) is 6.42 Å². The Kier molecular flexibility index (Phi) is 4.05. The van der Waals surface area contributed by atoms with Crippen molar-refractivity contribution in [2.75, 3.05) is 19.6 Å². The Morgan fingerprint density at radius 3 is 3.00 bits per heavy atom. The predicted octanol–water partition coefficient (Wildman–Crippen LogP) is 2.04. The highest BCUT2D eigenvalue weighted by molar-refractivity contribution is 7.10. The van der Waals surface area contributed by atoms with Crippen LogP contribution >= 0.6 is 11.3 Å². The molecule has 1 fully saturated rings. The van der Waals surface area contributed by atoms with Gasteiger partial charge in [0.1, 0.15) is 0 Å². The smallest absolute Gasteiger partial charge is 0.242 e. The Morgan fingerprint density at radius 2 is 2.10 bits per heavy atom. The normalized spacial score (nSPS) is 19.7. The van der Waals surface area contributed by atoms with Crippen LogP contribution in [0.3, 0.4) is 0 Å². The molecule has 5 heteroatoms. The van der Waals surface area contributed by atoms with Crippen molar-refractivity contribution in [2.24, 2.45) is 0 Å². The number of fused-ring (bicyclic) bond motifs is 1. The molecule has 0 radical (unpaired) electrons. The van der Waals surface area contributed by atoms with Crippen molar-refractivity contribution in [3.63, 3.8) is 0 Å². The summed E-state index contributed by atoms with van der Waals surface area (Å²) in [6.07, 6.45) is 4.63. The van der Waals surface area contributed by atoms with Gasteiger partial charge in [-0.25, -0.2) is 0 Å². The molecule has 0 aromatic carbocycles. The summed E-state index contributed by atoms with van der Waals surface area (Å²) in [5.41, 5.74) is 1.27. The monoisotopic (exact) mass is 292 g/mol. The van der Waals surface area contributed by atoms with Gasteiger partial charge in [0.25, 0.3) is 0 Å². The number of carbonyl (C=O) groups excluding carboxylic acids is 2. The first-order valence-electron chi connectivity index (χ1n) is 7.35. The van der Waals surface area contributed by atoms with Crippen molar-refractivity contribution in [2.45, 2.75) is 38.6 Å². The van der Waals surface area contributed by atoms with Gasteiger partial charge < -0.3 is 9.80 Å². The number of amides is 2. The summed E-state index contributed by atoms with van der Waals surface area (Å²) in [6.45, 7) is 2.49. The summed E-state index contributed by atoms with van der Waals surface area (Å²) in [4.78, 5) is 29.4. The van der Waals surface area contributed by atoms with Crippen LogP contribution in [-0.4, -0.2) is 41.2 Å². The number of thiophene rings is 1. The molecule has 3 rings (SSSR count). The first-order chi connectivity index (χ1) is 9.74. The van der Waals surface area contributed by atoms with Gasteiger partial charge in [-0.05, 0) is 36.3 Å². The zero-order chi connectivity index (χ0) is 13.9. The summed E-state index contributed by atoms with van der Waals surface area (Å²) in [6, 6.07) is 2.11. The summed E-state index contributed by atoms with van der Waals surface area (Å²) >= 11 is 1.78. The lowest BCUT2D eigenvalue weighted by atomic mass is 10.1. The summed E-state index contributed by atoms with van der Waals surface area (Å²) < 4.78 is 0. The number of likely N-dealkylation sites (tertiary alicyclic amines) is 1. The summed E-state index contributed by atoms with van der Waals surface area (Å²) in [5.74, 6) is 0.237. The molecule has 0 N–H and O–H groups in total. The Balaban J connectivity index is 1.61. The fraction of sp³-hybridized carbons (Fsp3) is 0.600. The van der Waals surface area contributed by atoms with Crippen LogP contribution in [0.15, 0.2) is 11.4 Å². The van der Waals surface area contributed by atoms with Gasteiger partial charge >= 0.3 is 0 Å². The number of nitrogens with zero attached hydrogens (tertiary/aromatic N) is 2. The highest BCUT2D eigenvalue weighted by Gasteiger charge is 2.25. The maximum Gasteiger partial charge on any atom is 0.242 e.